The lowest BCUT2D eigenvalue weighted by Crippen LogP contribution is -2.03. The number of benzene rings is 1. The number of carboxylic acid groups (broad SMARTS) is 1. The fourth-order valence-electron chi connectivity index (χ4n) is 3.91. The van der Waals surface area contributed by atoms with Crippen molar-refractivity contribution in [2.24, 2.45) is 0 Å². The first kappa shape index (κ1) is 31.4. The van der Waals surface area contributed by atoms with E-state index in [2.05, 4.69) is 11.9 Å². The minimum Gasteiger partial charge on any atom is -0.491 e. The monoisotopic (exact) mass is 543 g/mol. The van der Waals surface area contributed by atoms with E-state index < -0.39 is 17.4 Å². The highest BCUT2D eigenvalue weighted by Crippen LogP contribution is 2.34. The molecular weight excluding hydrogens is 502 g/mol. The Hall–Kier alpha value is -2.84. The predicted molar refractivity (Wildman–Crippen MR) is 151 cm³/mol. The predicted octanol–water partition coefficient (Wildman–Crippen LogP) is 7.44. The molecule has 0 spiro atoms. The van der Waals surface area contributed by atoms with Crippen LogP contribution in [0.15, 0.2) is 47.5 Å². The minimum atomic E-state index is -0.957. The van der Waals surface area contributed by atoms with Crippen molar-refractivity contribution in [3.05, 3.63) is 59.3 Å². The van der Waals surface area contributed by atoms with Gasteiger partial charge in [0.15, 0.2) is 0 Å². The van der Waals surface area contributed by atoms with Gasteiger partial charge in [-0.05, 0) is 42.3 Å². The highest BCUT2D eigenvalue weighted by molar-refractivity contribution is 7.99. The fraction of sp³-hybridized carbons (Fsp3) is 0.500. The van der Waals surface area contributed by atoms with E-state index in [0.717, 1.165) is 24.6 Å². The molecule has 1 aromatic carbocycles. The molecular formula is C30H41NO6S. The first-order chi connectivity index (χ1) is 18.4. The molecule has 0 bridgehead atoms. The lowest BCUT2D eigenvalue weighted by Gasteiger charge is -2.13. The summed E-state index contributed by atoms with van der Waals surface area (Å²) in [5, 5.41) is 20.2. The van der Waals surface area contributed by atoms with Gasteiger partial charge in [0.1, 0.15) is 16.9 Å². The number of aliphatic hydroxyl groups excluding tert-OH is 1. The molecule has 1 atom stereocenters. The number of hydrogen-bond acceptors (Lipinski definition) is 7. The molecule has 0 aliphatic heterocycles. The van der Waals surface area contributed by atoms with Gasteiger partial charge < -0.3 is 19.7 Å². The van der Waals surface area contributed by atoms with Crippen LogP contribution in [0.25, 0.3) is 6.08 Å². The molecule has 7 nitrogen and oxygen atoms in total. The number of methoxy groups -OCH3 is 1. The van der Waals surface area contributed by atoms with Gasteiger partial charge >= 0.3 is 11.9 Å². The van der Waals surface area contributed by atoms with E-state index in [1.807, 2.05) is 0 Å². The molecule has 2 N–H and O–H groups in total. The van der Waals surface area contributed by atoms with Crippen LogP contribution in [0.1, 0.15) is 105 Å². The molecule has 0 aliphatic carbocycles. The largest absolute Gasteiger partial charge is 0.491 e. The Balaban J connectivity index is 1.93. The van der Waals surface area contributed by atoms with Crippen LogP contribution >= 0.6 is 11.8 Å². The maximum Gasteiger partial charge on any atom is 0.337 e. The van der Waals surface area contributed by atoms with E-state index >= 15 is 0 Å². The molecule has 0 amide bonds. The summed E-state index contributed by atoms with van der Waals surface area (Å²) in [5.74, 6) is -0.827. The molecule has 1 aromatic heterocycles. The van der Waals surface area contributed by atoms with E-state index in [1.54, 1.807) is 42.5 Å². The first-order valence-corrected chi connectivity index (χ1v) is 14.4. The third-order valence-electron chi connectivity index (χ3n) is 6.01. The van der Waals surface area contributed by atoms with E-state index in [-0.39, 0.29) is 6.42 Å². The molecule has 1 heterocycles. The Morgan fingerprint density at radius 1 is 1.00 bits per heavy atom. The van der Waals surface area contributed by atoms with E-state index in [4.69, 9.17) is 14.6 Å². The average molecular weight is 544 g/mol. The Labute approximate surface area is 230 Å². The zero-order chi connectivity index (χ0) is 27.6. The SMILES string of the molecule is CCCCCCCCCCCCOc1ccc(SC(O)c2cccc(C(=O)OC)c2)nc1C=CCC(=O)O. The lowest BCUT2D eigenvalue weighted by molar-refractivity contribution is -0.135. The van der Waals surface area contributed by atoms with Crippen molar-refractivity contribution >= 4 is 29.8 Å². The van der Waals surface area contributed by atoms with E-state index in [0.29, 0.717) is 34.2 Å². The van der Waals surface area contributed by atoms with Crippen molar-refractivity contribution in [3.8, 4) is 5.75 Å². The van der Waals surface area contributed by atoms with Gasteiger partial charge in [0, 0.05) is 0 Å². The summed E-state index contributed by atoms with van der Waals surface area (Å²) in [6, 6.07) is 10.2. The number of esters is 1. The van der Waals surface area contributed by atoms with Crippen molar-refractivity contribution in [3.63, 3.8) is 0 Å². The van der Waals surface area contributed by atoms with Gasteiger partial charge in [0.2, 0.25) is 0 Å². The minimum absolute atomic E-state index is 0.125. The van der Waals surface area contributed by atoms with Crippen LogP contribution in [0.2, 0.25) is 0 Å². The summed E-state index contributed by atoms with van der Waals surface area (Å²) >= 11 is 1.12. The number of unbranched alkanes of at least 4 members (excludes halogenated alkanes) is 9. The number of carbonyl (C=O) groups excluding carboxylic acids is 1. The number of pyridine rings is 1. The molecule has 0 saturated carbocycles. The standard InChI is InChI=1S/C30H41NO6S/c1-3-4-5-6-7-8-9-10-11-12-21-37-26-19-20-27(31-25(26)17-14-18-28(32)33)38-30(35)24-16-13-15-23(22-24)29(34)36-2/h13-17,19-20,22,30,35H,3-12,18,21H2,1-2H3,(H,32,33). The van der Waals surface area contributed by atoms with Gasteiger partial charge in [-0.2, -0.15) is 0 Å². The summed E-state index contributed by atoms with van der Waals surface area (Å²) in [6.45, 7) is 2.80. The molecule has 2 rings (SSSR count). The molecule has 0 radical (unpaired) electrons. The van der Waals surface area contributed by atoms with Crippen LogP contribution in [0, 0.1) is 0 Å². The number of carboxylic acids is 1. The van der Waals surface area contributed by atoms with Gasteiger partial charge in [0.05, 0.1) is 30.7 Å². The van der Waals surface area contributed by atoms with Crippen molar-refractivity contribution in [1.82, 2.24) is 4.98 Å². The molecule has 2 aromatic rings. The van der Waals surface area contributed by atoms with Crippen molar-refractivity contribution < 1.29 is 29.3 Å². The zero-order valence-electron chi connectivity index (χ0n) is 22.6. The molecule has 1 unspecified atom stereocenters. The van der Waals surface area contributed by atoms with Gasteiger partial charge in [-0.15, -0.1) is 0 Å². The summed E-state index contributed by atoms with van der Waals surface area (Å²) in [4.78, 5) is 27.3. The van der Waals surface area contributed by atoms with Gasteiger partial charge in [0.25, 0.3) is 0 Å². The van der Waals surface area contributed by atoms with E-state index in [1.165, 1.54) is 64.6 Å². The number of rotatable bonds is 19. The quantitative estimate of drug-likeness (QED) is 0.0815. The van der Waals surface area contributed by atoms with Crippen molar-refractivity contribution in [1.29, 1.82) is 0 Å². The average Bonchev–Trinajstić information content (AvgIpc) is 2.92. The smallest absolute Gasteiger partial charge is 0.337 e. The van der Waals surface area contributed by atoms with E-state index in [9.17, 15) is 14.7 Å². The molecule has 208 valence electrons. The van der Waals surface area contributed by atoms with Crippen LogP contribution in [0.3, 0.4) is 0 Å². The molecule has 0 saturated heterocycles. The molecule has 0 aliphatic rings. The van der Waals surface area contributed by atoms with Gasteiger partial charge in [-0.25, -0.2) is 9.78 Å². The maximum atomic E-state index is 11.8. The van der Waals surface area contributed by atoms with Crippen LogP contribution in [0.4, 0.5) is 0 Å². The number of ether oxygens (including phenoxy) is 2. The second kappa shape index (κ2) is 18.4. The highest BCUT2D eigenvalue weighted by Gasteiger charge is 2.15. The number of nitrogens with zero attached hydrogens (tertiary/aromatic N) is 1. The van der Waals surface area contributed by atoms with Crippen LogP contribution in [0.5, 0.6) is 5.75 Å². The summed E-state index contributed by atoms with van der Waals surface area (Å²) in [6.07, 6.45) is 15.5. The summed E-state index contributed by atoms with van der Waals surface area (Å²) in [5.41, 5.74) is 0.454. The Kier molecular flexibility index (Phi) is 15.2. The number of aromatic nitrogens is 1. The van der Waals surface area contributed by atoms with Crippen molar-refractivity contribution in [2.75, 3.05) is 13.7 Å². The van der Waals surface area contributed by atoms with Gasteiger partial charge in [-0.1, -0.05) is 94.7 Å². The normalized spacial score (nSPS) is 12.0. The number of thioether (sulfide) groups is 1. The molecule has 0 fully saturated rings. The summed E-state index contributed by atoms with van der Waals surface area (Å²) in [7, 11) is 1.31. The maximum absolute atomic E-state index is 11.8. The van der Waals surface area contributed by atoms with Crippen LogP contribution in [-0.2, 0) is 9.53 Å². The molecule has 38 heavy (non-hydrogen) atoms. The number of aliphatic hydroxyl groups is 1. The number of aliphatic carboxylic acids is 1. The Morgan fingerprint density at radius 3 is 2.34 bits per heavy atom. The Morgan fingerprint density at radius 2 is 1.68 bits per heavy atom. The van der Waals surface area contributed by atoms with Gasteiger partial charge in [-0.3, -0.25) is 4.79 Å². The van der Waals surface area contributed by atoms with Crippen molar-refractivity contribution in [2.45, 2.75) is 88.0 Å². The Bertz CT molecular complexity index is 1030. The number of carbonyl (C=O) groups is 2. The zero-order valence-corrected chi connectivity index (χ0v) is 23.4. The third kappa shape index (κ3) is 12.1. The lowest BCUT2D eigenvalue weighted by atomic mass is 10.1. The second-order valence-electron chi connectivity index (χ2n) is 9.15. The van der Waals surface area contributed by atoms with Crippen LogP contribution < -0.4 is 4.74 Å². The highest BCUT2D eigenvalue weighted by atomic mass is 32.2. The third-order valence-corrected chi connectivity index (χ3v) is 6.97. The second-order valence-corrected chi connectivity index (χ2v) is 10.3. The topological polar surface area (TPSA) is 106 Å². The summed E-state index contributed by atoms with van der Waals surface area (Å²) < 4.78 is 10.7. The fourth-order valence-corrected chi connectivity index (χ4v) is 4.72. The number of hydrogen-bond donors (Lipinski definition) is 2. The van der Waals surface area contributed by atoms with Crippen LogP contribution in [-0.4, -0.2) is 40.9 Å². The first-order valence-electron chi connectivity index (χ1n) is 13.5. The molecule has 8 heteroatoms.